The molecule has 2 aliphatic heterocycles. The Kier molecular flexibility index (Phi) is 5.36. The Labute approximate surface area is 175 Å². The molecule has 1 aromatic heterocycles. The summed E-state index contributed by atoms with van der Waals surface area (Å²) in [4.78, 5) is 27.0. The molecular formula is C20H20F2N4O5. The second-order valence-corrected chi connectivity index (χ2v) is 7.43. The van der Waals surface area contributed by atoms with Crippen molar-refractivity contribution in [1.82, 2.24) is 14.8 Å². The highest BCUT2D eigenvalue weighted by Crippen LogP contribution is 2.34. The Morgan fingerprint density at radius 1 is 1.39 bits per heavy atom. The van der Waals surface area contributed by atoms with Crippen molar-refractivity contribution in [2.75, 3.05) is 6.61 Å². The van der Waals surface area contributed by atoms with E-state index in [4.69, 9.17) is 4.74 Å². The van der Waals surface area contributed by atoms with Gasteiger partial charge in [0.25, 0.3) is 11.8 Å². The maximum Gasteiger partial charge on any atom is 0.276 e. The minimum Gasteiger partial charge on any atom is -0.505 e. The maximum absolute atomic E-state index is 13.8. The van der Waals surface area contributed by atoms with Crippen LogP contribution in [0.3, 0.4) is 0 Å². The van der Waals surface area contributed by atoms with Crippen LogP contribution in [0.15, 0.2) is 29.6 Å². The molecule has 0 radical (unpaired) electrons. The number of rotatable bonds is 4. The van der Waals surface area contributed by atoms with E-state index in [1.54, 1.807) is 0 Å². The van der Waals surface area contributed by atoms with E-state index in [0.717, 1.165) is 6.07 Å². The van der Waals surface area contributed by atoms with Crippen LogP contribution >= 0.6 is 0 Å². The zero-order chi connectivity index (χ0) is 22.3. The number of fused-ring (bicyclic) bond motifs is 2. The molecule has 3 heterocycles. The molecule has 31 heavy (non-hydrogen) atoms. The van der Waals surface area contributed by atoms with Crippen molar-refractivity contribution in [3.8, 4) is 5.75 Å². The third-order valence-corrected chi connectivity index (χ3v) is 5.50. The zero-order valence-corrected chi connectivity index (χ0v) is 16.5. The third kappa shape index (κ3) is 3.61. The van der Waals surface area contributed by atoms with Gasteiger partial charge in [-0.1, -0.05) is 11.2 Å². The van der Waals surface area contributed by atoms with Gasteiger partial charge in [-0.15, -0.1) is 0 Å². The first-order valence-electron chi connectivity index (χ1n) is 9.62. The first kappa shape index (κ1) is 20.8. The fourth-order valence-electron chi connectivity index (χ4n) is 3.87. The normalized spacial score (nSPS) is 20.9. The number of aromatic hydroxyl groups is 1. The Morgan fingerprint density at radius 2 is 2.16 bits per heavy atom. The van der Waals surface area contributed by atoms with Gasteiger partial charge in [-0.2, -0.15) is 0 Å². The van der Waals surface area contributed by atoms with Crippen molar-refractivity contribution in [3.05, 3.63) is 52.9 Å². The highest BCUT2D eigenvalue weighted by molar-refractivity contribution is 6.46. The van der Waals surface area contributed by atoms with Crippen LogP contribution in [0.5, 0.6) is 5.75 Å². The molecule has 2 aliphatic rings. The van der Waals surface area contributed by atoms with Gasteiger partial charge in [0.2, 0.25) is 0 Å². The molecule has 2 aromatic rings. The summed E-state index contributed by atoms with van der Waals surface area (Å²) in [6.07, 6.45) is 1.48. The van der Waals surface area contributed by atoms with E-state index in [2.05, 4.69) is 10.5 Å². The molecule has 0 unspecified atom stereocenters. The summed E-state index contributed by atoms with van der Waals surface area (Å²) in [5.41, 5.74) is -0.732. The predicted molar refractivity (Wildman–Crippen MR) is 103 cm³/mol. The monoisotopic (exact) mass is 434 g/mol. The zero-order valence-electron chi connectivity index (χ0n) is 16.5. The number of amides is 2. The van der Waals surface area contributed by atoms with E-state index in [1.807, 2.05) is 6.92 Å². The van der Waals surface area contributed by atoms with Gasteiger partial charge < -0.3 is 29.8 Å². The van der Waals surface area contributed by atoms with Crippen LogP contribution in [-0.2, 0) is 22.6 Å². The lowest BCUT2D eigenvalue weighted by molar-refractivity contribution is -0.115. The van der Waals surface area contributed by atoms with E-state index in [0.29, 0.717) is 19.1 Å². The van der Waals surface area contributed by atoms with Crippen LogP contribution in [0, 0.1) is 11.6 Å². The molecule has 3 N–H and O–H groups in total. The minimum absolute atomic E-state index is 0.0191. The van der Waals surface area contributed by atoms with Crippen LogP contribution < -0.4 is 5.32 Å². The quantitative estimate of drug-likeness (QED) is 0.384. The van der Waals surface area contributed by atoms with Gasteiger partial charge in [-0.25, -0.2) is 8.78 Å². The lowest BCUT2D eigenvalue weighted by Gasteiger charge is -2.43. The summed E-state index contributed by atoms with van der Waals surface area (Å²) in [5, 5.41) is 25.4. The number of hydrogen-bond acceptors (Lipinski definition) is 6. The minimum atomic E-state index is -0.917. The fraction of sp³-hybridized carbons (Fsp3) is 0.350. The number of ether oxygens (including phenoxy) is 1. The first-order chi connectivity index (χ1) is 14.8. The predicted octanol–water partition coefficient (Wildman–Crippen LogP) is 1.56. The summed E-state index contributed by atoms with van der Waals surface area (Å²) in [6, 6.07) is 2.81. The maximum atomic E-state index is 13.8. The largest absolute Gasteiger partial charge is 0.505 e. The molecule has 2 atom stereocenters. The van der Waals surface area contributed by atoms with Crippen LogP contribution in [0.4, 0.5) is 8.78 Å². The summed E-state index contributed by atoms with van der Waals surface area (Å²) in [5.74, 6) is -3.48. The molecule has 164 valence electrons. The number of oxime groups is 1. The lowest BCUT2D eigenvalue weighted by Crippen LogP contribution is -2.56. The second kappa shape index (κ2) is 7.99. The molecule has 0 aliphatic carbocycles. The number of aromatic nitrogens is 1. The number of hydrogen-bond donors (Lipinski definition) is 3. The Balaban J connectivity index is 1.58. The van der Waals surface area contributed by atoms with Crippen molar-refractivity contribution < 1.29 is 33.4 Å². The Hall–Kier alpha value is -3.47. The van der Waals surface area contributed by atoms with E-state index in [-0.39, 0.29) is 36.0 Å². The SMILES string of the molecule is C[C@@H]1CCO[C@H]2Cn3cc(/C(=N\O)C(=O)NCc4ccc(F)cc4F)c(O)c3C(=O)N12. The second-order valence-electron chi connectivity index (χ2n) is 7.43. The number of nitrogens with zero attached hydrogens (tertiary/aromatic N) is 3. The fourth-order valence-corrected chi connectivity index (χ4v) is 3.87. The summed E-state index contributed by atoms with van der Waals surface area (Å²) < 4.78 is 33.9. The van der Waals surface area contributed by atoms with Gasteiger partial charge >= 0.3 is 0 Å². The van der Waals surface area contributed by atoms with Crippen LogP contribution in [-0.4, -0.2) is 56.2 Å². The standard InChI is InChI=1S/C20H20F2N4O5/c1-10-4-5-31-15-9-25-8-13(18(27)17(25)20(29)26(10)15)16(24-30)19(28)23-7-11-2-3-12(21)6-14(11)22/h2-3,6,8,10,15,27,30H,4-5,7,9H2,1H3,(H,23,28)/b24-16+/t10-,15+/m1/s1. The molecule has 1 fully saturated rings. The number of benzene rings is 1. The van der Waals surface area contributed by atoms with Gasteiger partial charge in [-0.05, 0) is 19.4 Å². The van der Waals surface area contributed by atoms with Crippen LogP contribution in [0.2, 0.25) is 0 Å². The molecule has 0 spiro atoms. The van der Waals surface area contributed by atoms with Gasteiger partial charge in [0.15, 0.2) is 23.4 Å². The molecule has 4 rings (SSSR count). The molecule has 0 saturated carbocycles. The number of halogens is 2. The average molecular weight is 434 g/mol. The van der Waals surface area contributed by atoms with Crippen molar-refractivity contribution in [2.24, 2.45) is 5.16 Å². The third-order valence-electron chi connectivity index (χ3n) is 5.50. The van der Waals surface area contributed by atoms with Crippen LogP contribution in [0.25, 0.3) is 0 Å². The average Bonchev–Trinajstić information content (AvgIpc) is 3.04. The summed E-state index contributed by atoms with van der Waals surface area (Å²) in [6.45, 7) is 2.31. The van der Waals surface area contributed by atoms with E-state index < -0.39 is 41.1 Å². The molecule has 2 amide bonds. The van der Waals surface area contributed by atoms with Gasteiger partial charge in [0.1, 0.15) is 11.6 Å². The highest BCUT2D eigenvalue weighted by atomic mass is 19.1. The molecule has 0 bridgehead atoms. The molecule has 11 heteroatoms. The first-order valence-corrected chi connectivity index (χ1v) is 9.62. The van der Waals surface area contributed by atoms with Crippen molar-refractivity contribution in [1.29, 1.82) is 0 Å². The lowest BCUT2D eigenvalue weighted by atomic mass is 10.1. The highest BCUT2D eigenvalue weighted by Gasteiger charge is 2.41. The molecule has 1 saturated heterocycles. The summed E-state index contributed by atoms with van der Waals surface area (Å²) in [7, 11) is 0. The molecular weight excluding hydrogens is 414 g/mol. The topological polar surface area (TPSA) is 116 Å². The van der Waals surface area contributed by atoms with Crippen molar-refractivity contribution in [2.45, 2.75) is 38.7 Å². The van der Waals surface area contributed by atoms with E-state index in [9.17, 15) is 28.7 Å². The smallest absolute Gasteiger partial charge is 0.276 e. The summed E-state index contributed by atoms with van der Waals surface area (Å²) >= 11 is 0. The Bertz CT molecular complexity index is 1080. The van der Waals surface area contributed by atoms with Gasteiger partial charge in [0, 0.05) is 30.4 Å². The number of carbonyl (C=O) groups excluding carboxylic acids is 2. The van der Waals surface area contributed by atoms with E-state index in [1.165, 1.54) is 21.7 Å². The number of carbonyl (C=O) groups is 2. The van der Waals surface area contributed by atoms with Crippen LogP contribution in [0.1, 0.15) is 35.0 Å². The van der Waals surface area contributed by atoms with Gasteiger partial charge in [0.05, 0.1) is 18.7 Å². The molecule has 9 nitrogen and oxygen atoms in total. The van der Waals surface area contributed by atoms with Gasteiger partial charge in [-0.3, -0.25) is 9.59 Å². The molecule has 1 aromatic carbocycles. The Morgan fingerprint density at radius 3 is 2.87 bits per heavy atom. The van der Waals surface area contributed by atoms with E-state index >= 15 is 0 Å². The number of nitrogens with one attached hydrogen (secondary N) is 1. The van der Waals surface area contributed by atoms with Crippen molar-refractivity contribution >= 4 is 17.5 Å². The van der Waals surface area contributed by atoms with Crippen molar-refractivity contribution in [3.63, 3.8) is 0 Å².